The zero-order valence-electron chi connectivity index (χ0n) is 18.8. The molecule has 2 aliphatic heterocycles. The number of hydrogen-bond acceptors (Lipinski definition) is 6. The third kappa shape index (κ3) is 3.54. The van der Waals surface area contributed by atoms with Gasteiger partial charge in [0.15, 0.2) is 5.13 Å². The van der Waals surface area contributed by atoms with Gasteiger partial charge in [0.25, 0.3) is 0 Å². The zero-order valence-corrected chi connectivity index (χ0v) is 21.2. The first kappa shape index (κ1) is 22.0. The minimum Gasteiger partial charge on any atom is -0.378 e. The molecule has 0 amide bonds. The number of imidazole rings is 1. The number of aromatic nitrogens is 3. The molecule has 2 atom stereocenters. The third-order valence-electron chi connectivity index (χ3n) is 6.68. The second-order valence-corrected chi connectivity index (χ2v) is 11.2. The lowest BCUT2D eigenvalue weighted by molar-refractivity contribution is 0.122. The fourth-order valence-electron chi connectivity index (χ4n) is 4.72. The van der Waals surface area contributed by atoms with Gasteiger partial charge in [-0.05, 0) is 33.6 Å². The highest BCUT2D eigenvalue weighted by Crippen LogP contribution is 2.48. The van der Waals surface area contributed by atoms with Crippen molar-refractivity contribution in [2.75, 3.05) is 31.2 Å². The van der Waals surface area contributed by atoms with E-state index in [-0.39, 0.29) is 10.2 Å². The topological polar surface area (TPSA) is 55.5 Å². The van der Waals surface area contributed by atoms with Gasteiger partial charge in [-0.25, -0.2) is 14.6 Å². The highest BCUT2D eigenvalue weighted by atomic mass is 79.9. The Hall–Kier alpha value is -1.25. The lowest BCUT2D eigenvalue weighted by Gasteiger charge is -2.39. The smallest absolute Gasteiger partial charge is 0.186 e. The first-order valence-electron chi connectivity index (χ1n) is 10.9. The summed E-state index contributed by atoms with van der Waals surface area (Å²) in [7, 11) is 0. The van der Waals surface area contributed by atoms with Crippen LogP contribution in [0.15, 0.2) is 5.10 Å². The minimum absolute atomic E-state index is 0.184. The van der Waals surface area contributed by atoms with E-state index in [1.807, 2.05) is 0 Å². The Morgan fingerprint density at radius 1 is 1.13 bits per heavy atom. The molecule has 2 unspecified atom stereocenters. The Labute approximate surface area is 191 Å². The van der Waals surface area contributed by atoms with E-state index in [0.29, 0.717) is 5.92 Å². The van der Waals surface area contributed by atoms with Crippen LogP contribution in [0, 0.1) is 19.8 Å². The molecule has 1 fully saturated rings. The molecule has 164 valence electrons. The number of nitrogens with zero attached hydrogens (tertiary/aromatic N) is 5. The predicted octanol–water partition coefficient (Wildman–Crippen LogP) is 5.37. The van der Waals surface area contributed by atoms with Gasteiger partial charge in [0, 0.05) is 19.0 Å². The van der Waals surface area contributed by atoms with E-state index in [0.717, 1.165) is 72.9 Å². The van der Waals surface area contributed by atoms with Gasteiger partial charge in [0.1, 0.15) is 11.5 Å². The molecule has 30 heavy (non-hydrogen) atoms. The number of thiazole rings is 1. The van der Waals surface area contributed by atoms with Crippen LogP contribution in [-0.4, -0.2) is 51.0 Å². The SMILES string of the molecule is CCC(CC)C1c2nc(C)c(-c3sc(N4CCOCC4)nc3C)n2N=C(C)C1(C)Br. The van der Waals surface area contributed by atoms with Crippen LogP contribution < -0.4 is 4.90 Å². The molecule has 0 radical (unpaired) electrons. The summed E-state index contributed by atoms with van der Waals surface area (Å²) in [5, 5.41) is 6.10. The summed E-state index contributed by atoms with van der Waals surface area (Å²) in [6.45, 7) is 16.5. The van der Waals surface area contributed by atoms with Gasteiger partial charge >= 0.3 is 0 Å². The normalized spacial score (nSPS) is 24.3. The molecule has 0 N–H and O–H groups in total. The summed E-state index contributed by atoms with van der Waals surface area (Å²) in [6.07, 6.45) is 2.25. The van der Waals surface area contributed by atoms with Crippen LogP contribution in [0.5, 0.6) is 0 Å². The average Bonchev–Trinajstić information content (AvgIpc) is 3.25. The van der Waals surface area contributed by atoms with Crippen molar-refractivity contribution in [3.05, 3.63) is 17.2 Å². The number of rotatable bonds is 5. The monoisotopic (exact) mass is 493 g/mol. The van der Waals surface area contributed by atoms with E-state index >= 15 is 0 Å². The molecule has 0 saturated carbocycles. The number of ether oxygens (including phenoxy) is 1. The van der Waals surface area contributed by atoms with Crippen LogP contribution in [0.2, 0.25) is 0 Å². The lowest BCUT2D eigenvalue weighted by Crippen LogP contribution is -2.42. The van der Waals surface area contributed by atoms with Crippen LogP contribution >= 0.6 is 27.3 Å². The van der Waals surface area contributed by atoms with E-state index in [4.69, 9.17) is 19.8 Å². The molecule has 2 aromatic rings. The van der Waals surface area contributed by atoms with Gasteiger partial charge in [0.2, 0.25) is 0 Å². The molecular weight excluding hydrogens is 462 g/mol. The van der Waals surface area contributed by atoms with Crippen molar-refractivity contribution in [1.82, 2.24) is 14.6 Å². The van der Waals surface area contributed by atoms with Crippen LogP contribution in [0.3, 0.4) is 0 Å². The molecule has 8 heteroatoms. The van der Waals surface area contributed by atoms with Crippen LogP contribution in [-0.2, 0) is 4.74 Å². The molecule has 0 aromatic carbocycles. The molecule has 4 heterocycles. The van der Waals surface area contributed by atoms with E-state index in [9.17, 15) is 0 Å². The number of anilines is 1. The van der Waals surface area contributed by atoms with Crippen LogP contribution in [0.25, 0.3) is 10.6 Å². The van der Waals surface area contributed by atoms with Crippen molar-refractivity contribution in [2.24, 2.45) is 11.0 Å². The molecule has 6 nitrogen and oxygen atoms in total. The third-order valence-corrected chi connectivity index (χ3v) is 8.97. The van der Waals surface area contributed by atoms with Gasteiger partial charge in [-0.3, -0.25) is 0 Å². The van der Waals surface area contributed by atoms with Crippen LogP contribution in [0.1, 0.15) is 63.7 Å². The van der Waals surface area contributed by atoms with Gasteiger partial charge in [0.05, 0.1) is 39.5 Å². The summed E-state index contributed by atoms with van der Waals surface area (Å²) in [6, 6.07) is 0. The molecule has 2 aromatic heterocycles. The van der Waals surface area contributed by atoms with Crippen molar-refractivity contribution in [3.8, 4) is 10.6 Å². The van der Waals surface area contributed by atoms with E-state index in [1.165, 1.54) is 4.88 Å². The summed E-state index contributed by atoms with van der Waals surface area (Å²) in [5.41, 5.74) is 4.27. The first-order chi connectivity index (χ1) is 14.3. The van der Waals surface area contributed by atoms with Crippen molar-refractivity contribution in [1.29, 1.82) is 0 Å². The Kier molecular flexibility index (Phi) is 6.12. The van der Waals surface area contributed by atoms with E-state index < -0.39 is 0 Å². The molecule has 2 aliphatic rings. The van der Waals surface area contributed by atoms with Gasteiger partial charge in [-0.2, -0.15) is 5.10 Å². The standard InChI is InChI=1S/C22H32BrN5OS/c1-7-16(8-2)17-20-24-13(3)18(28(20)26-15(5)22(17,6)23)19-14(4)25-21(30-19)27-9-11-29-12-10-27/h16-17H,7-12H2,1-6H3. The minimum atomic E-state index is -0.184. The predicted molar refractivity (Wildman–Crippen MR) is 128 cm³/mol. The van der Waals surface area contributed by atoms with Gasteiger partial charge < -0.3 is 9.64 Å². The maximum absolute atomic E-state index is 5.51. The second kappa shape index (κ2) is 8.36. The lowest BCUT2D eigenvalue weighted by atomic mass is 9.76. The Morgan fingerprint density at radius 2 is 1.80 bits per heavy atom. The number of hydrogen-bond donors (Lipinski definition) is 0. The number of alkyl halides is 1. The second-order valence-electron chi connectivity index (χ2n) is 8.54. The summed E-state index contributed by atoms with van der Waals surface area (Å²) >= 11 is 5.78. The largest absolute Gasteiger partial charge is 0.378 e. The molecule has 4 rings (SSSR count). The fourth-order valence-corrected chi connectivity index (χ4v) is 6.58. The fraction of sp³-hybridized carbons (Fsp3) is 0.682. The van der Waals surface area contributed by atoms with E-state index in [2.05, 4.69) is 67.0 Å². The quantitative estimate of drug-likeness (QED) is 0.525. The molecule has 0 bridgehead atoms. The molecule has 0 aliphatic carbocycles. The van der Waals surface area contributed by atoms with Crippen molar-refractivity contribution >= 4 is 38.1 Å². The van der Waals surface area contributed by atoms with Crippen molar-refractivity contribution in [3.63, 3.8) is 0 Å². The maximum atomic E-state index is 5.51. The molecule has 0 spiro atoms. The Balaban J connectivity index is 1.83. The number of fused-ring (bicyclic) bond motifs is 1. The van der Waals surface area contributed by atoms with E-state index in [1.54, 1.807) is 11.3 Å². The Morgan fingerprint density at radius 3 is 2.43 bits per heavy atom. The highest BCUT2D eigenvalue weighted by Gasteiger charge is 2.46. The number of morpholine rings is 1. The Bertz CT molecular complexity index is 953. The van der Waals surface area contributed by atoms with Crippen molar-refractivity contribution < 1.29 is 4.74 Å². The molecular formula is C22H32BrN5OS. The van der Waals surface area contributed by atoms with Gasteiger partial charge in [-0.1, -0.05) is 54.0 Å². The molecule has 1 saturated heterocycles. The zero-order chi connectivity index (χ0) is 21.6. The van der Waals surface area contributed by atoms with Crippen molar-refractivity contribution in [2.45, 2.75) is 64.6 Å². The van der Waals surface area contributed by atoms with Gasteiger partial charge in [-0.15, -0.1) is 0 Å². The maximum Gasteiger partial charge on any atom is 0.186 e. The number of aryl methyl sites for hydroxylation is 2. The van der Waals surface area contributed by atoms with Crippen LogP contribution in [0.4, 0.5) is 5.13 Å². The average molecular weight is 495 g/mol. The summed E-state index contributed by atoms with van der Waals surface area (Å²) in [4.78, 5) is 13.5. The number of halogens is 1. The highest BCUT2D eigenvalue weighted by molar-refractivity contribution is 9.10. The summed E-state index contributed by atoms with van der Waals surface area (Å²) < 4.78 is 7.44. The first-order valence-corrected chi connectivity index (χ1v) is 12.5. The summed E-state index contributed by atoms with van der Waals surface area (Å²) in [5.74, 6) is 1.89.